The fourth-order valence-corrected chi connectivity index (χ4v) is 2.26. The standard InChI is InChI=1S/C13H27N3O2/c1-4-11(5-10-17)15-12(18)13(2,3)16-8-6-14-7-9-16/h11,14,17H,4-10H2,1-3H3,(H,15,18). The molecule has 1 aliphatic rings. The van der Waals surface area contributed by atoms with Crippen LogP contribution in [0.1, 0.15) is 33.6 Å². The number of aliphatic hydroxyl groups is 1. The summed E-state index contributed by atoms with van der Waals surface area (Å²) in [5.74, 6) is 0.0599. The van der Waals surface area contributed by atoms with Crippen LogP contribution in [0.25, 0.3) is 0 Å². The number of aliphatic hydroxyl groups excluding tert-OH is 1. The molecule has 106 valence electrons. The highest BCUT2D eigenvalue weighted by atomic mass is 16.3. The first-order valence-electron chi connectivity index (χ1n) is 6.90. The van der Waals surface area contributed by atoms with Gasteiger partial charge >= 0.3 is 0 Å². The van der Waals surface area contributed by atoms with Gasteiger partial charge in [-0.15, -0.1) is 0 Å². The van der Waals surface area contributed by atoms with E-state index in [0.29, 0.717) is 6.42 Å². The second kappa shape index (κ2) is 7.07. The third-order valence-corrected chi connectivity index (χ3v) is 3.77. The average molecular weight is 257 g/mol. The van der Waals surface area contributed by atoms with Gasteiger partial charge in [0.2, 0.25) is 5.91 Å². The van der Waals surface area contributed by atoms with Crippen LogP contribution in [0.2, 0.25) is 0 Å². The molecule has 1 rings (SSSR count). The van der Waals surface area contributed by atoms with Crippen molar-refractivity contribution in [2.24, 2.45) is 0 Å². The molecule has 3 N–H and O–H groups in total. The molecule has 0 bridgehead atoms. The number of hydrogen-bond acceptors (Lipinski definition) is 4. The van der Waals surface area contributed by atoms with Gasteiger partial charge < -0.3 is 15.7 Å². The third-order valence-electron chi connectivity index (χ3n) is 3.77. The van der Waals surface area contributed by atoms with E-state index in [4.69, 9.17) is 5.11 Å². The summed E-state index contributed by atoms with van der Waals surface area (Å²) in [4.78, 5) is 14.6. The third kappa shape index (κ3) is 3.93. The highest BCUT2D eigenvalue weighted by molar-refractivity contribution is 5.85. The Bertz CT molecular complexity index is 263. The van der Waals surface area contributed by atoms with Crippen LogP contribution in [0.5, 0.6) is 0 Å². The lowest BCUT2D eigenvalue weighted by Gasteiger charge is -2.40. The van der Waals surface area contributed by atoms with E-state index in [1.54, 1.807) is 0 Å². The van der Waals surface area contributed by atoms with Gasteiger partial charge in [0.25, 0.3) is 0 Å². The Hall–Kier alpha value is -0.650. The number of hydrogen-bond donors (Lipinski definition) is 3. The van der Waals surface area contributed by atoms with Crippen molar-refractivity contribution in [2.75, 3.05) is 32.8 Å². The lowest BCUT2D eigenvalue weighted by atomic mass is 9.99. The van der Waals surface area contributed by atoms with Gasteiger partial charge in [-0.1, -0.05) is 6.92 Å². The Balaban J connectivity index is 2.56. The molecule has 1 unspecified atom stereocenters. The van der Waals surface area contributed by atoms with Crippen molar-refractivity contribution in [3.63, 3.8) is 0 Å². The van der Waals surface area contributed by atoms with E-state index in [1.807, 2.05) is 20.8 Å². The maximum Gasteiger partial charge on any atom is 0.240 e. The van der Waals surface area contributed by atoms with Gasteiger partial charge in [-0.05, 0) is 26.7 Å². The van der Waals surface area contributed by atoms with E-state index in [2.05, 4.69) is 15.5 Å². The number of nitrogens with zero attached hydrogens (tertiary/aromatic N) is 1. The zero-order valence-corrected chi connectivity index (χ0v) is 11.8. The molecule has 1 fully saturated rings. The molecule has 1 heterocycles. The maximum absolute atomic E-state index is 12.4. The molecule has 1 saturated heterocycles. The number of nitrogens with one attached hydrogen (secondary N) is 2. The highest BCUT2D eigenvalue weighted by Gasteiger charge is 2.35. The van der Waals surface area contributed by atoms with Crippen LogP contribution in [0, 0.1) is 0 Å². The lowest BCUT2D eigenvalue weighted by Crippen LogP contribution is -2.61. The van der Waals surface area contributed by atoms with Crippen molar-refractivity contribution >= 4 is 5.91 Å². The van der Waals surface area contributed by atoms with Crippen molar-refractivity contribution in [3.8, 4) is 0 Å². The van der Waals surface area contributed by atoms with Crippen molar-refractivity contribution in [2.45, 2.75) is 45.2 Å². The molecule has 0 aromatic rings. The van der Waals surface area contributed by atoms with Crippen LogP contribution in [0.4, 0.5) is 0 Å². The fraction of sp³-hybridized carbons (Fsp3) is 0.923. The van der Waals surface area contributed by atoms with Gasteiger partial charge in [-0.2, -0.15) is 0 Å². The fourth-order valence-electron chi connectivity index (χ4n) is 2.26. The summed E-state index contributed by atoms with van der Waals surface area (Å²) >= 11 is 0. The first-order valence-corrected chi connectivity index (χ1v) is 6.90. The average Bonchev–Trinajstić information content (AvgIpc) is 2.39. The normalized spacial score (nSPS) is 19.6. The maximum atomic E-state index is 12.4. The van der Waals surface area contributed by atoms with E-state index < -0.39 is 5.54 Å². The summed E-state index contributed by atoms with van der Waals surface area (Å²) in [6.07, 6.45) is 1.48. The first-order chi connectivity index (χ1) is 8.52. The minimum atomic E-state index is -0.481. The molecule has 0 aliphatic carbocycles. The SMILES string of the molecule is CCC(CCO)NC(=O)C(C)(C)N1CCNCC1. The second-order valence-corrected chi connectivity index (χ2v) is 5.39. The molecular weight excluding hydrogens is 230 g/mol. The van der Waals surface area contributed by atoms with E-state index in [9.17, 15) is 4.79 Å². The molecular formula is C13H27N3O2. The van der Waals surface area contributed by atoms with Crippen LogP contribution in [-0.2, 0) is 4.79 Å². The van der Waals surface area contributed by atoms with Crippen LogP contribution >= 0.6 is 0 Å². The van der Waals surface area contributed by atoms with Crippen molar-refractivity contribution in [1.29, 1.82) is 0 Å². The summed E-state index contributed by atoms with van der Waals surface area (Å²) < 4.78 is 0. The van der Waals surface area contributed by atoms with Crippen LogP contribution < -0.4 is 10.6 Å². The second-order valence-electron chi connectivity index (χ2n) is 5.39. The Morgan fingerprint density at radius 2 is 2.06 bits per heavy atom. The molecule has 5 nitrogen and oxygen atoms in total. The Morgan fingerprint density at radius 3 is 2.56 bits per heavy atom. The largest absolute Gasteiger partial charge is 0.396 e. The Labute approximate surface area is 110 Å². The predicted octanol–water partition coefficient (Wildman–Crippen LogP) is -0.0526. The van der Waals surface area contributed by atoms with E-state index in [0.717, 1.165) is 32.6 Å². The first kappa shape index (κ1) is 15.4. The summed E-state index contributed by atoms with van der Waals surface area (Å²) in [6.45, 7) is 9.76. The van der Waals surface area contributed by atoms with Crippen LogP contribution in [0.15, 0.2) is 0 Å². The Morgan fingerprint density at radius 1 is 1.44 bits per heavy atom. The van der Waals surface area contributed by atoms with Gasteiger partial charge in [-0.3, -0.25) is 9.69 Å². The molecule has 1 amide bonds. The van der Waals surface area contributed by atoms with Gasteiger partial charge in [0.05, 0.1) is 5.54 Å². The van der Waals surface area contributed by atoms with Gasteiger partial charge in [0.1, 0.15) is 0 Å². The monoisotopic (exact) mass is 257 g/mol. The van der Waals surface area contributed by atoms with E-state index in [-0.39, 0.29) is 18.6 Å². The van der Waals surface area contributed by atoms with E-state index >= 15 is 0 Å². The Kier molecular flexibility index (Phi) is 6.05. The summed E-state index contributed by atoms with van der Waals surface area (Å²) in [7, 11) is 0. The minimum absolute atomic E-state index is 0.0599. The number of piperazine rings is 1. The number of rotatable bonds is 6. The molecule has 0 spiro atoms. The molecule has 0 aromatic heterocycles. The van der Waals surface area contributed by atoms with Crippen LogP contribution in [0.3, 0.4) is 0 Å². The zero-order chi connectivity index (χ0) is 13.6. The quantitative estimate of drug-likeness (QED) is 0.624. The van der Waals surface area contributed by atoms with Gasteiger partial charge in [0, 0.05) is 38.8 Å². The van der Waals surface area contributed by atoms with Gasteiger partial charge in [-0.25, -0.2) is 0 Å². The molecule has 0 radical (unpaired) electrons. The molecule has 1 aliphatic heterocycles. The summed E-state index contributed by atoms with van der Waals surface area (Å²) in [5.41, 5.74) is -0.481. The predicted molar refractivity (Wildman–Crippen MR) is 72.4 cm³/mol. The molecule has 5 heteroatoms. The van der Waals surface area contributed by atoms with Crippen LogP contribution in [-0.4, -0.2) is 60.3 Å². The minimum Gasteiger partial charge on any atom is -0.396 e. The molecule has 1 atom stereocenters. The lowest BCUT2D eigenvalue weighted by molar-refractivity contribution is -0.133. The number of carbonyl (C=O) groups excluding carboxylic acids is 1. The smallest absolute Gasteiger partial charge is 0.240 e. The van der Waals surface area contributed by atoms with E-state index in [1.165, 1.54) is 0 Å². The van der Waals surface area contributed by atoms with Crippen molar-refractivity contribution < 1.29 is 9.90 Å². The number of carbonyl (C=O) groups is 1. The molecule has 18 heavy (non-hydrogen) atoms. The van der Waals surface area contributed by atoms with Crippen molar-refractivity contribution in [3.05, 3.63) is 0 Å². The topological polar surface area (TPSA) is 64.6 Å². The number of amides is 1. The highest BCUT2D eigenvalue weighted by Crippen LogP contribution is 2.16. The van der Waals surface area contributed by atoms with Gasteiger partial charge in [0.15, 0.2) is 0 Å². The van der Waals surface area contributed by atoms with Crippen molar-refractivity contribution in [1.82, 2.24) is 15.5 Å². The summed E-state index contributed by atoms with van der Waals surface area (Å²) in [5, 5.41) is 15.3. The molecule has 0 saturated carbocycles. The summed E-state index contributed by atoms with van der Waals surface area (Å²) in [6, 6.07) is 0.0738. The molecule has 0 aromatic carbocycles. The zero-order valence-electron chi connectivity index (χ0n) is 11.8.